The highest BCUT2D eigenvalue weighted by Crippen LogP contribution is 2.52. The molecule has 1 aromatic heterocycles. The van der Waals surface area contributed by atoms with Crippen LogP contribution in [0, 0.1) is 0 Å². The van der Waals surface area contributed by atoms with Crippen molar-refractivity contribution in [1.29, 1.82) is 0 Å². The molecule has 0 unspecified atom stereocenters. The van der Waals surface area contributed by atoms with Gasteiger partial charge in [-0.3, -0.25) is 0 Å². The second kappa shape index (κ2) is 16.3. The van der Waals surface area contributed by atoms with E-state index in [0.717, 1.165) is 28.3 Å². The minimum absolute atomic E-state index is 0.0941. The van der Waals surface area contributed by atoms with Crippen molar-refractivity contribution < 1.29 is 0 Å². The van der Waals surface area contributed by atoms with Gasteiger partial charge >= 0.3 is 0 Å². The minimum atomic E-state index is -0.0941. The maximum atomic E-state index is 2.48. The standard InChI is InChI=1S/C67H48N2/c1-67(2)61-34-12-9-27-53(61)60-44-52(41-42-62(60)67)68(50-39-37-47(38-40-50)45-19-5-3-6-20-45)63-35-13-10-28-54(63)56-30-16-23-48-24-17-31-57(65(48)56)59-33-18-32-58-55-29-11-14-36-64(55)69(66(58)59)51-26-15-25-49(43-51)46-21-7-4-8-22-46/h3-44H,1-2H3. The van der Waals surface area contributed by atoms with Gasteiger partial charge in [-0.25, -0.2) is 0 Å². The molecule has 0 fully saturated rings. The molecule has 0 amide bonds. The van der Waals surface area contributed by atoms with E-state index in [-0.39, 0.29) is 5.41 Å². The number of para-hydroxylation sites is 3. The zero-order chi connectivity index (χ0) is 46.1. The third kappa shape index (κ3) is 6.63. The Kier molecular flexibility index (Phi) is 9.55. The lowest BCUT2D eigenvalue weighted by Crippen LogP contribution is -2.15. The molecule has 326 valence electrons. The first-order valence-corrected chi connectivity index (χ1v) is 24.0. The molecule has 1 aliphatic carbocycles. The van der Waals surface area contributed by atoms with Crippen molar-refractivity contribution in [1.82, 2.24) is 4.57 Å². The summed E-state index contributed by atoms with van der Waals surface area (Å²) >= 11 is 0. The van der Waals surface area contributed by atoms with Gasteiger partial charge in [0.2, 0.25) is 0 Å². The molecule has 0 N–H and O–H groups in total. The summed E-state index contributed by atoms with van der Waals surface area (Å²) < 4.78 is 2.48. The van der Waals surface area contributed by atoms with Crippen molar-refractivity contribution in [2.24, 2.45) is 0 Å². The summed E-state index contributed by atoms with van der Waals surface area (Å²) in [5.74, 6) is 0. The molecule has 1 heterocycles. The first-order chi connectivity index (χ1) is 34.0. The van der Waals surface area contributed by atoms with Gasteiger partial charge in [-0.2, -0.15) is 0 Å². The van der Waals surface area contributed by atoms with E-state index in [4.69, 9.17) is 0 Å². The summed E-state index contributed by atoms with van der Waals surface area (Å²) in [5.41, 5.74) is 21.6. The Bertz CT molecular complexity index is 3910. The maximum absolute atomic E-state index is 2.48. The van der Waals surface area contributed by atoms with Gasteiger partial charge in [0.15, 0.2) is 0 Å². The monoisotopic (exact) mass is 880 g/mol. The van der Waals surface area contributed by atoms with Crippen LogP contribution in [-0.2, 0) is 5.41 Å². The van der Waals surface area contributed by atoms with Crippen LogP contribution in [0.4, 0.5) is 17.1 Å². The number of nitrogens with zero attached hydrogens (tertiary/aromatic N) is 2. The predicted molar refractivity (Wildman–Crippen MR) is 292 cm³/mol. The van der Waals surface area contributed by atoms with Crippen LogP contribution in [-0.4, -0.2) is 4.57 Å². The molecule has 0 saturated heterocycles. The van der Waals surface area contributed by atoms with Crippen LogP contribution < -0.4 is 4.90 Å². The molecule has 0 bridgehead atoms. The smallest absolute Gasteiger partial charge is 0.0619 e. The first-order valence-electron chi connectivity index (χ1n) is 24.0. The van der Waals surface area contributed by atoms with Crippen LogP contribution in [0.2, 0.25) is 0 Å². The van der Waals surface area contributed by atoms with Gasteiger partial charge in [0, 0.05) is 44.4 Å². The average molecular weight is 881 g/mol. The summed E-state index contributed by atoms with van der Waals surface area (Å²) in [6, 6.07) is 93.8. The van der Waals surface area contributed by atoms with E-state index in [1.165, 1.54) is 93.8 Å². The molecule has 12 aromatic rings. The summed E-state index contributed by atoms with van der Waals surface area (Å²) in [5, 5.41) is 4.88. The molecule has 69 heavy (non-hydrogen) atoms. The van der Waals surface area contributed by atoms with E-state index in [2.05, 4.69) is 278 Å². The highest BCUT2D eigenvalue weighted by Gasteiger charge is 2.36. The average Bonchev–Trinajstić information content (AvgIpc) is 3.87. The summed E-state index contributed by atoms with van der Waals surface area (Å²) in [6.45, 7) is 4.71. The van der Waals surface area contributed by atoms with Gasteiger partial charge < -0.3 is 9.47 Å². The van der Waals surface area contributed by atoms with Crippen molar-refractivity contribution in [2.75, 3.05) is 4.90 Å². The van der Waals surface area contributed by atoms with Gasteiger partial charge in [0.05, 0.1) is 16.7 Å². The fourth-order valence-electron chi connectivity index (χ4n) is 11.4. The molecule has 2 nitrogen and oxygen atoms in total. The number of rotatable bonds is 8. The van der Waals surface area contributed by atoms with Crippen LogP contribution >= 0.6 is 0 Å². The summed E-state index contributed by atoms with van der Waals surface area (Å²) in [6.07, 6.45) is 0. The van der Waals surface area contributed by atoms with E-state index in [9.17, 15) is 0 Å². The summed E-state index contributed by atoms with van der Waals surface area (Å²) in [7, 11) is 0. The number of aromatic nitrogens is 1. The SMILES string of the molecule is CC1(C)c2ccccc2-c2cc(N(c3ccc(-c4ccccc4)cc3)c3ccccc3-c3cccc4cccc(-c5cccc6c7ccccc7n(-c7cccc(-c8ccccc8)c7)c56)c34)ccc21. The molecule has 0 saturated carbocycles. The van der Waals surface area contributed by atoms with Gasteiger partial charge in [0.25, 0.3) is 0 Å². The molecule has 2 heteroatoms. The molecule has 0 aliphatic heterocycles. The lowest BCUT2D eigenvalue weighted by molar-refractivity contribution is 0.660. The van der Waals surface area contributed by atoms with E-state index in [1.807, 2.05) is 0 Å². The fraction of sp³-hybridized carbons (Fsp3) is 0.0448. The molecular weight excluding hydrogens is 833 g/mol. The summed E-state index contributed by atoms with van der Waals surface area (Å²) in [4.78, 5) is 2.47. The van der Waals surface area contributed by atoms with Crippen LogP contribution in [0.1, 0.15) is 25.0 Å². The number of anilines is 3. The van der Waals surface area contributed by atoms with E-state index in [0.29, 0.717) is 0 Å². The zero-order valence-electron chi connectivity index (χ0n) is 38.6. The molecule has 0 atom stereocenters. The second-order valence-corrected chi connectivity index (χ2v) is 18.8. The Morgan fingerprint density at radius 2 is 0.884 bits per heavy atom. The van der Waals surface area contributed by atoms with Gasteiger partial charge in [0.1, 0.15) is 0 Å². The van der Waals surface area contributed by atoms with Gasteiger partial charge in [-0.1, -0.05) is 220 Å². The van der Waals surface area contributed by atoms with Crippen molar-refractivity contribution >= 4 is 49.6 Å². The quantitative estimate of drug-likeness (QED) is 0.148. The topological polar surface area (TPSA) is 8.17 Å². The number of benzene rings is 11. The molecular formula is C67H48N2. The Hall–Kier alpha value is -8.72. The molecule has 0 spiro atoms. The lowest BCUT2D eigenvalue weighted by atomic mass is 9.82. The lowest BCUT2D eigenvalue weighted by Gasteiger charge is -2.29. The third-order valence-corrected chi connectivity index (χ3v) is 14.6. The zero-order valence-corrected chi connectivity index (χ0v) is 38.6. The van der Waals surface area contributed by atoms with E-state index < -0.39 is 0 Å². The second-order valence-electron chi connectivity index (χ2n) is 18.8. The van der Waals surface area contributed by atoms with Crippen molar-refractivity contribution in [2.45, 2.75) is 19.3 Å². The molecule has 11 aromatic carbocycles. The van der Waals surface area contributed by atoms with Crippen molar-refractivity contribution in [3.8, 4) is 61.3 Å². The van der Waals surface area contributed by atoms with Crippen molar-refractivity contribution in [3.63, 3.8) is 0 Å². The van der Waals surface area contributed by atoms with Crippen LogP contribution in [0.3, 0.4) is 0 Å². The number of fused-ring (bicyclic) bond motifs is 7. The molecule has 1 aliphatic rings. The number of hydrogen-bond donors (Lipinski definition) is 0. The Balaban J connectivity index is 1.04. The third-order valence-electron chi connectivity index (χ3n) is 14.6. The first kappa shape index (κ1) is 40.5. The Labute approximate surface area is 403 Å². The highest BCUT2D eigenvalue weighted by molar-refractivity contribution is 6.18. The van der Waals surface area contributed by atoms with Crippen LogP contribution in [0.25, 0.3) is 93.9 Å². The van der Waals surface area contributed by atoms with E-state index >= 15 is 0 Å². The van der Waals surface area contributed by atoms with Crippen LogP contribution in [0.5, 0.6) is 0 Å². The molecule has 13 rings (SSSR count). The van der Waals surface area contributed by atoms with Crippen molar-refractivity contribution in [3.05, 3.63) is 266 Å². The van der Waals surface area contributed by atoms with Gasteiger partial charge in [-0.15, -0.1) is 0 Å². The normalized spacial score (nSPS) is 12.6. The predicted octanol–water partition coefficient (Wildman–Crippen LogP) is 18.4. The van der Waals surface area contributed by atoms with Gasteiger partial charge in [-0.05, 0) is 115 Å². The Morgan fingerprint density at radius 3 is 1.67 bits per heavy atom. The molecule has 0 radical (unpaired) electrons. The van der Waals surface area contributed by atoms with E-state index in [1.54, 1.807) is 0 Å². The Morgan fingerprint density at radius 1 is 0.348 bits per heavy atom. The number of hydrogen-bond acceptors (Lipinski definition) is 1. The van der Waals surface area contributed by atoms with Crippen LogP contribution in [0.15, 0.2) is 255 Å². The fourth-order valence-corrected chi connectivity index (χ4v) is 11.4. The maximum Gasteiger partial charge on any atom is 0.0619 e. The highest BCUT2D eigenvalue weighted by atomic mass is 15.1. The largest absolute Gasteiger partial charge is 0.310 e. The minimum Gasteiger partial charge on any atom is -0.310 e.